The third kappa shape index (κ3) is 2.50. The lowest BCUT2D eigenvalue weighted by Gasteiger charge is -2.04. The van der Waals surface area contributed by atoms with Crippen molar-refractivity contribution in [3.05, 3.63) is 53.7 Å². The molecule has 1 aliphatic carbocycles. The first-order valence-electron chi connectivity index (χ1n) is 6.47. The Morgan fingerprint density at radius 3 is 2.79 bits per heavy atom. The van der Waals surface area contributed by atoms with Gasteiger partial charge in [-0.1, -0.05) is 18.2 Å². The lowest BCUT2D eigenvalue weighted by atomic mass is 10.0. The highest BCUT2D eigenvalue weighted by atomic mass is 16.4. The van der Waals surface area contributed by atoms with Crippen LogP contribution < -0.4 is 0 Å². The molecule has 19 heavy (non-hydrogen) atoms. The summed E-state index contributed by atoms with van der Waals surface area (Å²) in [6.45, 7) is 0. The maximum absolute atomic E-state index is 10.8. The predicted molar refractivity (Wildman–Crippen MR) is 72.8 cm³/mol. The number of hydrogen-bond donors (Lipinski definition) is 1. The van der Waals surface area contributed by atoms with Crippen LogP contribution in [0.1, 0.15) is 17.5 Å². The number of benzene rings is 1. The zero-order valence-corrected chi connectivity index (χ0v) is 10.5. The summed E-state index contributed by atoms with van der Waals surface area (Å²) in [5.74, 6) is -0.464. The Balaban J connectivity index is 1.86. The van der Waals surface area contributed by atoms with E-state index in [0.717, 1.165) is 24.1 Å². The summed E-state index contributed by atoms with van der Waals surface area (Å²) in [6, 6.07) is 12.2. The fraction of sp³-hybridized carbons (Fsp3) is 0.250. The number of carbonyl (C=O) groups is 1. The quantitative estimate of drug-likeness (QED) is 0.915. The molecule has 1 aromatic carbocycles. The third-order valence-electron chi connectivity index (χ3n) is 3.65. The van der Waals surface area contributed by atoms with E-state index in [4.69, 9.17) is 5.11 Å². The lowest BCUT2D eigenvalue weighted by Crippen LogP contribution is -2.07. The highest BCUT2D eigenvalue weighted by molar-refractivity contribution is 5.67. The summed E-state index contributed by atoms with van der Waals surface area (Å²) in [5.41, 5.74) is 4.63. The zero-order valence-electron chi connectivity index (χ0n) is 10.5. The number of carboxylic acid groups (broad SMARTS) is 1. The molecule has 0 unspecified atom stereocenters. The van der Waals surface area contributed by atoms with Crippen molar-refractivity contribution in [1.29, 1.82) is 0 Å². The van der Waals surface area contributed by atoms with Crippen molar-refractivity contribution in [1.82, 2.24) is 4.98 Å². The van der Waals surface area contributed by atoms with E-state index >= 15 is 0 Å². The molecule has 0 bridgehead atoms. The van der Waals surface area contributed by atoms with E-state index in [1.807, 2.05) is 18.2 Å². The molecule has 0 radical (unpaired) electrons. The molecule has 3 heteroatoms. The van der Waals surface area contributed by atoms with E-state index in [0.29, 0.717) is 0 Å². The van der Waals surface area contributed by atoms with Gasteiger partial charge in [0.2, 0.25) is 0 Å². The van der Waals surface area contributed by atoms with E-state index in [1.54, 1.807) is 6.20 Å². The van der Waals surface area contributed by atoms with Crippen molar-refractivity contribution >= 4 is 5.97 Å². The highest BCUT2D eigenvalue weighted by Crippen LogP contribution is 2.31. The number of pyridine rings is 1. The first-order chi connectivity index (χ1) is 9.22. The van der Waals surface area contributed by atoms with Gasteiger partial charge in [0, 0.05) is 18.2 Å². The molecule has 0 spiro atoms. The standard InChI is InChI=1S/C16H15NO2/c18-16(19)9-11-7-12-4-5-13(10-14(12)8-11)15-3-1-2-6-17-15/h1-6,10-11H,7-9H2,(H,18,19)/t11-/m1/s1. The minimum absolute atomic E-state index is 0.242. The Labute approximate surface area is 111 Å². The first-order valence-corrected chi connectivity index (χ1v) is 6.47. The average molecular weight is 253 g/mol. The number of fused-ring (bicyclic) bond motifs is 1. The van der Waals surface area contributed by atoms with Gasteiger partial charge in [-0.25, -0.2) is 0 Å². The summed E-state index contributed by atoms with van der Waals surface area (Å²) in [4.78, 5) is 15.1. The SMILES string of the molecule is O=C(O)C[C@@H]1Cc2ccc(-c3ccccn3)cc2C1. The van der Waals surface area contributed by atoms with Gasteiger partial charge in [0.05, 0.1) is 5.69 Å². The van der Waals surface area contributed by atoms with Gasteiger partial charge in [0.15, 0.2) is 0 Å². The van der Waals surface area contributed by atoms with Gasteiger partial charge in [-0.3, -0.25) is 9.78 Å². The van der Waals surface area contributed by atoms with Crippen LogP contribution in [0.15, 0.2) is 42.6 Å². The second-order valence-corrected chi connectivity index (χ2v) is 5.07. The molecular formula is C16H15NO2. The Morgan fingerprint density at radius 2 is 2.05 bits per heavy atom. The number of carboxylic acids is 1. The fourth-order valence-corrected chi connectivity index (χ4v) is 2.79. The summed E-state index contributed by atoms with van der Waals surface area (Å²) in [7, 11) is 0. The summed E-state index contributed by atoms with van der Waals surface area (Å²) in [5, 5.41) is 8.88. The van der Waals surface area contributed by atoms with Gasteiger partial charge in [-0.15, -0.1) is 0 Å². The largest absolute Gasteiger partial charge is 0.481 e. The van der Waals surface area contributed by atoms with Crippen molar-refractivity contribution in [3.8, 4) is 11.3 Å². The van der Waals surface area contributed by atoms with Crippen molar-refractivity contribution in [2.75, 3.05) is 0 Å². The van der Waals surface area contributed by atoms with Crippen molar-refractivity contribution < 1.29 is 9.90 Å². The molecule has 1 N–H and O–H groups in total. The monoisotopic (exact) mass is 253 g/mol. The van der Waals surface area contributed by atoms with Crippen molar-refractivity contribution in [3.63, 3.8) is 0 Å². The van der Waals surface area contributed by atoms with Crippen LogP contribution in [0.4, 0.5) is 0 Å². The van der Waals surface area contributed by atoms with Crippen LogP contribution in [0.5, 0.6) is 0 Å². The number of aromatic nitrogens is 1. The van der Waals surface area contributed by atoms with Crippen LogP contribution in [0.25, 0.3) is 11.3 Å². The second kappa shape index (κ2) is 4.84. The topological polar surface area (TPSA) is 50.2 Å². The molecule has 1 atom stereocenters. The normalized spacial score (nSPS) is 17.2. The number of nitrogens with zero attached hydrogens (tertiary/aromatic N) is 1. The van der Waals surface area contributed by atoms with Gasteiger partial charge in [-0.05, 0) is 48.1 Å². The van der Waals surface area contributed by atoms with E-state index in [9.17, 15) is 4.79 Å². The molecule has 1 aromatic heterocycles. The molecule has 3 rings (SSSR count). The summed E-state index contributed by atoms with van der Waals surface area (Å²) >= 11 is 0. The molecule has 3 nitrogen and oxygen atoms in total. The van der Waals surface area contributed by atoms with Crippen LogP contribution in [0, 0.1) is 5.92 Å². The molecule has 1 heterocycles. The summed E-state index contributed by atoms with van der Waals surface area (Å²) < 4.78 is 0. The predicted octanol–water partition coefficient (Wildman–Crippen LogP) is 2.94. The smallest absolute Gasteiger partial charge is 0.303 e. The van der Waals surface area contributed by atoms with Crippen molar-refractivity contribution in [2.45, 2.75) is 19.3 Å². The van der Waals surface area contributed by atoms with Crippen LogP contribution in [-0.2, 0) is 17.6 Å². The molecule has 1 aliphatic rings. The van der Waals surface area contributed by atoms with Gasteiger partial charge in [0.1, 0.15) is 0 Å². The van der Waals surface area contributed by atoms with Gasteiger partial charge < -0.3 is 5.11 Å². The highest BCUT2D eigenvalue weighted by Gasteiger charge is 2.23. The van der Waals surface area contributed by atoms with Crippen LogP contribution in [0.2, 0.25) is 0 Å². The van der Waals surface area contributed by atoms with E-state index in [-0.39, 0.29) is 12.3 Å². The number of hydrogen-bond acceptors (Lipinski definition) is 2. The fourth-order valence-electron chi connectivity index (χ4n) is 2.79. The van der Waals surface area contributed by atoms with E-state index in [2.05, 4.69) is 23.2 Å². The van der Waals surface area contributed by atoms with Gasteiger partial charge in [0.25, 0.3) is 0 Å². The van der Waals surface area contributed by atoms with Crippen LogP contribution >= 0.6 is 0 Å². The van der Waals surface area contributed by atoms with Gasteiger partial charge >= 0.3 is 5.97 Å². The molecule has 0 aliphatic heterocycles. The first kappa shape index (κ1) is 11.9. The second-order valence-electron chi connectivity index (χ2n) is 5.07. The van der Waals surface area contributed by atoms with E-state index in [1.165, 1.54) is 11.1 Å². The summed E-state index contributed by atoms with van der Waals surface area (Å²) in [6.07, 6.45) is 3.79. The van der Waals surface area contributed by atoms with Crippen LogP contribution in [0.3, 0.4) is 0 Å². The minimum atomic E-state index is -0.706. The lowest BCUT2D eigenvalue weighted by molar-refractivity contribution is -0.138. The molecule has 0 saturated heterocycles. The average Bonchev–Trinajstić information content (AvgIpc) is 2.79. The maximum atomic E-state index is 10.8. The molecule has 2 aromatic rings. The number of rotatable bonds is 3. The van der Waals surface area contributed by atoms with Crippen molar-refractivity contribution in [2.24, 2.45) is 5.92 Å². The minimum Gasteiger partial charge on any atom is -0.481 e. The molecule has 96 valence electrons. The van der Waals surface area contributed by atoms with Gasteiger partial charge in [-0.2, -0.15) is 0 Å². The Bertz CT molecular complexity index is 607. The van der Waals surface area contributed by atoms with Crippen LogP contribution in [-0.4, -0.2) is 16.1 Å². The Hall–Kier alpha value is -2.16. The molecule has 0 saturated carbocycles. The third-order valence-corrected chi connectivity index (χ3v) is 3.65. The number of aliphatic carboxylic acids is 1. The Kier molecular flexibility index (Phi) is 3.03. The van der Waals surface area contributed by atoms with E-state index < -0.39 is 5.97 Å². The Morgan fingerprint density at radius 1 is 1.21 bits per heavy atom. The molecule has 0 fully saturated rings. The zero-order chi connectivity index (χ0) is 13.2. The molecular weight excluding hydrogens is 238 g/mol. The molecule has 0 amide bonds. The maximum Gasteiger partial charge on any atom is 0.303 e.